The lowest BCUT2D eigenvalue weighted by atomic mass is 9.91. The highest BCUT2D eigenvalue weighted by Gasteiger charge is 2.31. The number of hydrogen-bond donors (Lipinski definition) is 1. The maximum absolute atomic E-state index is 9.40. The second kappa shape index (κ2) is 6.30. The summed E-state index contributed by atoms with van der Waals surface area (Å²) in [5, 5.41) is 9.40. The van der Waals surface area contributed by atoms with E-state index in [1.54, 1.807) is 12.1 Å². The van der Waals surface area contributed by atoms with Gasteiger partial charge in [0.1, 0.15) is 5.75 Å². The van der Waals surface area contributed by atoms with Crippen molar-refractivity contribution in [2.75, 3.05) is 0 Å². The lowest BCUT2D eigenvalue weighted by Gasteiger charge is -2.23. The number of benzene rings is 1. The van der Waals surface area contributed by atoms with E-state index < -0.39 is 0 Å². The Labute approximate surface area is 128 Å². The van der Waals surface area contributed by atoms with E-state index in [1.807, 2.05) is 12.1 Å². The molecule has 0 fully saturated rings. The van der Waals surface area contributed by atoms with Crippen LogP contribution in [-0.2, 0) is 12.0 Å². The first-order valence-corrected chi connectivity index (χ1v) is 7.66. The van der Waals surface area contributed by atoms with Crippen molar-refractivity contribution >= 4 is 0 Å². The molecule has 21 heavy (non-hydrogen) atoms. The number of aromatic hydroxyl groups is 1. The van der Waals surface area contributed by atoms with Gasteiger partial charge in [-0.25, -0.2) is 0 Å². The molecule has 1 N–H and O–H groups in total. The Hall–Kier alpha value is -1.83. The van der Waals surface area contributed by atoms with Gasteiger partial charge in [0.05, 0.1) is 6.42 Å². The molecule has 0 saturated heterocycles. The lowest BCUT2D eigenvalue weighted by Crippen LogP contribution is -2.55. The third kappa shape index (κ3) is 4.07. The van der Waals surface area contributed by atoms with E-state index in [0.29, 0.717) is 11.7 Å². The van der Waals surface area contributed by atoms with Crippen molar-refractivity contribution in [3.8, 4) is 5.75 Å². The summed E-state index contributed by atoms with van der Waals surface area (Å²) in [7, 11) is 0. The predicted octanol–water partition coefficient (Wildman–Crippen LogP) is 4.05. The quantitative estimate of drug-likeness (QED) is 0.823. The highest BCUT2D eigenvalue weighted by Crippen LogP contribution is 2.20. The fourth-order valence-corrected chi connectivity index (χ4v) is 3.13. The van der Waals surface area contributed by atoms with Gasteiger partial charge in [-0.1, -0.05) is 32.0 Å². The molecule has 0 spiro atoms. The van der Waals surface area contributed by atoms with Gasteiger partial charge in [0.15, 0.2) is 17.4 Å². The van der Waals surface area contributed by atoms with Crippen LogP contribution in [0.2, 0.25) is 0 Å². The van der Waals surface area contributed by atoms with Crippen molar-refractivity contribution in [1.82, 2.24) is 0 Å². The average molecular weight is 284 g/mol. The minimum Gasteiger partial charge on any atom is -0.508 e. The molecule has 0 amide bonds. The molecule has 0 aliphatic carbocycles. The molecule has 0 aliphatic rings. The lowest BCUT2D eigenvalue weighted by molar-refractivity contribution is -0.765. The van der Waals surface area contributed by atoms with Gasteiger partial charge >= 0.3 is 0 Å². The molecule has 0 radical (unpaired) electrons. The van der Waals surface area contributed by atoms with Crippen LogP contribution in [-0.4, -0.2) is 5.11 Å². The number of aromatic nitrogens is 1. The molecule has 2 rings (SSSR count). The standard InChI is InChI=1S/C19H25NO/c1-15(2)14-19(3,4)20-12-6-5-7-17(20)13-16-8-10-18(21)11-9-16/h5-12,15H,13-14H2,1-4H3/p+1. The summed E-state index contributed by atoms with van der Waals surface area (Å²) >= 11 is 0. The minimum atomic E-state index is 0.0989. The van der Waals surface area contributed by atoms with Gasteiger partial charge in [-0.3, -0.25) is 0 Å². The van der Waals surface area contributed by atoms with Crippen LogP contribution in [0.25, 0.3) is 0 Å². The Kier molecular flexibility index (Phi) is 4.66. The maximum atomic E-state index is 9.40. The van der Waals surface area contributed by atoms with Gasteiger partial charge < -0.3 is 5.11 Å². The summed E-state index contributed by atoms with van der Waals surface area (Å²) in [6, 6.07) is 13.9. The zero-order valence-electron chi connectivity index (χ0n) is 13.5. The van der Waals surface area contributed by atoms with Gasteiger partial charge in [-0.15, -0.1) is 0 Å². The first kappa shape index (κ1) is 15.6. The van der Waals surface area contributed by atoms with Crippen LogP contribution in [0.3, 0.4) is 0 Å². The third-order valence-electron chi connectivity index (χ3n) is 3.83. The molecule has 2 nitrogen and oxygen atoms in total. The van der Waals surface area contributed by atoms with Crippen molar-refractivity contribution in [2.45, 2.75) is 46.1 Å². The van der Waals surface area contributed by atoms with E-state index in [-0.39, 0.29) is 5.54 Å². The average Bonchev–Trinajstić information content (AvgIpc) is 2.40. The Morgan fingerprint density at radius 1 is 1.05 bits per heavy atom. The Balaban J connectivity index is 2.30. The molecular weight excluding hydrogens is 258 g/mol. The van der Waals surface area contributed by atoms with Crippen LogP contribution < -0.4 is 4.57 Å². The smallest absolute Gasteiger partial charge is 0.186 e. The molecule has 2 aromatic rings. The molecule has 0 saturated carbocycles. The largest absolute Gasteiger partial charge is 0.508 e. The molecule has 0 unspecified atom stereocenters. The summed E-state index contributed by atoms with van der Waals surface area (Å²) in [5.41, 5.74) is 2.61. The Bertz CT molecular complexity index is 585. The number of hydrogen-bond acceptors (Lipinski definition) is 1. The molecule has 1 aromatic carbocycles. The third-order valence-corrected chi connectivity index (χ3v) is 3.83. The summed E-state index contributed by atoms with van der Waals surface area (Å²) in [4.78, 5) is 0. The molecule has 0 atom stereocenters. The van der Waals surface area contributed by atoms with Gasteiger partial charge in [-0.05, 0) is 23.6 Å². The van der Waals surface area contributed by atoms with Crippen molar-refractivity contribution in [2.24, 2.45) is 5.92 Å². The Morgan fingerprint density at radius 2 is 1.71 bits per heavy atom. The highest BCUT2D eigenvalue weighted by atomic mass is 16.3. The number of rotatable bonds is 5. The molecule has 0 bridgehead atoms. The number of pyridine rings is 1. The van der Waals surface area contributed by atoms with E-state index in [0.717, 1.165) is 12.8 Å². The summed E-state index contributed by atoms with van der Waals surface area (Å²) in [6.07, 6.45) is 4.20. The molecule has 1 aromatic heterocycles. The van der Waals surface area contributed by atoms with Crippen LogP contribution in [0.15, 0.2) is 48.7 Å². The summed E-state index contributed by atoms with van der Waals surface area (Å²) in [5.74, 6) is 0.981. The molecule has 112 valence electrons. The fourth-order valence-electron chi connectivity index (χ4n) is 3.13. The van der Waals surface area contributed by atoms with Crippen LogP contribution in [0.4, 0.5) is 0 Å². The van der Waals surface area contributed by atoms with E-state index in [2.05, 4.69) is 56.7 Å². The summed E-state index contributed by atoms with van der Waals surface area (Å²) < 4.78 is 2.39. The first-order chi connectivity index (χ1) is 9.88. The van der Waals surface area contributed by atoms with E-state index >= 15 is 0 Å². The van der Waals surface area contributed by atoms with Crippen molar-refractivity contribution < 1.29 is 9.67 Å². The Morgan fingerprint density at radius 3 is 2.33 bits per heavy atom. The second-order valence-corrected chi connectivity index (χ2v) is 6.82. The molecule has 1 heterocycles. The topological polar surface area (TPSA) is 24.1 Å². The molecule has 2 heteroatoms. The van der Waals surface area contributed by atoms with Gasteiger partial charge in [-0.2, -0.15) is 4.57 Å². The monoisotopic (exact) mass is 284 g/mol. The van der Waals surface area contributed by atoms with Crippen LogP contribution in [0.1, 0.15) is 45.4 Å². The minimum absolute atomic E-state index is 0.0989. The van der Waals surface area contributed by atoms with Crippen LogP contribution >= 0.6 is 0 Å². The van der Waals surface area contributed by atoms with E-state index in [4.69, 9.17) is 0 Å². The van der Waals surface area contributed by atoms with Crippen molar-refractivity contribution in [1.29, 1.82) is 0 Å². The van der Waals surface area contributed by atoms with Gasteiger partial charge in [0.2, 0.25) is 0 Å². The zero-order valence-corrected chi connectivity index (χ0v) is 13.5. The molecule has 0 aliphatic heterocycles. The first-order valence-electron chi connectivity index (χ1n) is 7.66. The van der Waals surface area contributed by atoms with E-state index in [9.17, 15) is 5.11 Å². The molecular formula is C19H26NO+. The number of nitrogens with zero attached hydrogens (tertiary/aromatic N) is 1. The SMILES string of the molecule is CC(C)CC(C)(C)[n+]1ccccc1Cc1ccc(O)cc1. The number of phenolic OH excluding ortho intramolecular Hbond substituents is 1. The van der Waals surface area contributed by atoms with Crippen molar-refractivity contribution in [3.63, 3.8) is 0 Å². The van der Waals surface area contributed by atoms with Gasteiger partial charge in [0, 0.05) is 32.4 Å². The van der Waals surface area contributed by atoms with E-state index in [1.165, 1.54) is 11.3 Å². The zero-order chi connectivity index (χ0) is 15.5. The maximum Gasteiger partial charge on any atom is 0.186 e. The fraction of sp³-hybridized carbons (Fsp3) is 0.421. The number of phenols is 1. The van der Waals surface area contributed by atoms with Gasteiger partial charge in [0.25, 0.3) is 0 Å². The second-order valence-electron chi connectivity index (χ2n) is 6.82. The predicted molar refractivity (Wildman–Crippen MR) is 86.3 cm³/mol. The van der Waals surface area contributed by atoms with Crippen LogP contribution in [0.5, 0.6) is 5.75 Å². The van der Waals surface area contributed by atoms with Crippen LogP contribution in [0, 0.1) is 5.92 Å². The van der Waals surface area contributed by atoms with Crippen molar-refractivity contribution in [3.05, 3.63) is 59.9 Å². The highest BCUT2D eigenvalue weighted by molar-refractivity contribution is 5.28. The normalized spacial score (nSPS) is 11.9. The summed E-state index contributed by atoms with van der Waals surface area (Å²) in [6.45, 7) is 9.14.